The molecule has 2 aromatic carbocycles. The largest absolute Gasteiger partial charge is 0.286 e. The molecule has 0 unspecified atom stereocenters. The molecule has 0 aliphatic carbocycles. The number of allylic oxidation sites excluding steroid dienone is 3. The van der Waals surface area contributed by atoms with Crippen molar-refractivity contribution in [2.75, 3.05) is 0 Å². The van der Waals surface area contributed by atoms with Crippen molar-refractivity contribution < 1.29 is 4.79 Å². The Morgan fingerprint density at radius 2 is 1.88 bits per heavy atom. The molecule has 0 amide bonds. The van der Waals surface area contributed by atoms with Gasteiger partial charge in [0.05, 0.1) is 0 Å². The Morgan fingerprint density at radius 1 is 1.12 bits per heavy atom. The number of hydrogen-bond acceptors (Lipinski definition) is 1. The van der Waals surface area contributed by atoms with E-state index in [9.17, 15) is 4.79 Å². The zero-order chi connectivity index (χ0) is 11.4. The lowest BCUT2D eigenvalue weighted by atomic mass is 9.98. The van der Waals surface area contributed by atoms with Gasteiger partial charge in [0.25, 0.3) is 0 Å². The normalized spacial score (nSPS) is 11.4. The van der Waals surface area contributed by atoms with Crippen LogP contribution in [0.2, 0.25) is 0 Å². The molecule has 0 aliphatic heterocycles. The van der Waals surface area contributed by atoms with E-state index in [0.717, 1.165) is 21.9 Å². The Balaban J connectivity index is 2.73. The van der Waals surface area contributed by atoms with Crippen LogP contribution in [-0.2, 0) is 4.79 Å². The summed E-state index contributed by atoms with van der Waals surface area (Å²) in [7, 11) is 0. The zero-order valence-corrected chi connectivity index (χ0v) is 8.81. The van der Waals surface area contributed by atoms with Gasteiger partial charge in [-0.1, -0.05) is 55.1 Å². The molecule has 0 heterocycles. The van der Waals surface area contributed by atoms with Crippen molar-refractivity contribution in [3.63, 3.8) is 0 Å². The summed E-state index contributed by atoms with van der Waals surface area (Å²) < 4.78 is 0. The van der Waals surface area contributed by atoms with Gasteiger partial charge in [-0.3, -0.25) is 4.79 Å². The summed E-state index contributed by atoms with van der Waals surface area (Å²) in [6.07, 6.45) is 4.88. The Morgan fingerprint density at radius 3 is 2.62 bits per heavy atom. The van der Waals surface area contributed by atoms with Gasteiger partial charge in [-0.05, 0) is 28.0 Å². The molecule has 2 aromatic rings. The van der Waals surface area contributed by atoms with Gasteiger partial charge in [-0.25, -0.2) is 0 Å². The molecule has 1 nitrogen and oxygen atoms in total. The minimum atomic E-state index is 0.798. The summed E-state index contributed by atoms with van der Waals surface area (Å²) in [6, 6.07) is 14.1. The second-order valence-electron chi connectivity index (χ2n) is 3.45. The van der Waals surface area contributed by atoms with E-state index in [4.69, 9.17) is 0 Å². The monoisotopic (exact) mass is 207 g/mol. The molecule has 16 heavy (non-hydrogen) atoms. The predicted octanol–water partition coefficient (Wildman–Crippen LogP) is 3.52. The number of benzene rings is 2. The number of rotatable bonds is 3. The molecular formula is C15H11O. The molecule has 1 radical (unpaired) electrons. The number of fused-ring (bicyclic) bond motifs is 1. The van der Waals surface area contributed by atoms with Crippen molar-refractivity contribution in [1.29, 1.82) is 0 Å². The van der Waals surface area contributed by atoms with Crippen LogP contribution in [0, 0.1) is 0 Å². The second-order valence-corrected chi connectivity index (χ2v) is 3.45. The van der Waals surface area contributed by atoms with Crippen molar-refractivity contribution >= 4 is 22.6 Å². The highest BCUT2D eigenvalue weighted by Gasteiger charge is 2.02. The van der Waals surface area contributed by atoms with Crippen molar-refractivity contribution in [1.82, 2.24) is 0 Å². The lowest BCUT2D eigenvalue weighted by molar-refractivity contribution is 0.564. The van der Waals surface area contributed by atoms with E-state index in [1.54, 1.807) is 12.4 Å². The van der Waals surface area contributed by atoms with Gasteiger partial charge in [0.2, 0.25) is 6.29 Å². The van der Waals surface area contributed by atoms with Crippen LogP contribution in [-0.4, -0.2) is 6.29 Å². The molecular weight excluding hydrogens is 196 g/mol. The fraction of sp³-hybridized carbons (Fsp3) is 0. The van der Waals surface area contributed by atoms with Crippen molar-refractivity contribution in [3.05, 3.63) is 66.8 Å². The van der Waals surface area contributed by atoms with E-state index in [-0.39, 0.29) is 0 Å². The molecule has 77 valence electrons. The summed E-state index contributed by atoms with van der Waals surface area (Å²) in [5, 5.41) is 2.27. The maximum absolute atomic E-state index is 10.4. The molecule has 0 aromatic heterocycles. The van der Waals surface area contributed by atoms with Gasteiger partial charge < -0.3 is 0 Å². The highest BCUT2D eigenvalue weighted by molar-refractivity contribution is 5.98. The summed E-state index contributed by atoms with van der Waals surface area (Å²) in [5.74, 6) is 0. The second kappa shape index (κ2) is 4.58. The first-order valence-corrected chi connectivity index (χ1v) is 5.05. The standard InChI is InChI=1S/C15H11O/c1-2-12(10-11-16)14-9-5-7-13-6-3-4-8-15(13)14/h2-10H,1H2/b12-10-. The average Bonchev–Trinajstić information content (AvgIpc) is 2.35. The lowest BCUT2D eigenvalue weighted by Crippen LogP contribution is -1.84. The average molecular weight is 207 g/mol. The smallest absolute Gasteiger partial charge is 0.226 e. The summed E-state index contributed by atoms with van der Waals surface area (Å²) >= 11 is 0. The Kier molecular flexibility index (Phi) is 2.97. The van der Waals surface area contributed by atoms with E-state index in [0.29, 0.717) is 0 Å². The minimum Gasteiger partial charge on any atom is -0.286 e. The molecule has 0 saturated carbocycles. The van der Waals surface area contributed by atoms with Gasteiger partial charge in [-0.15, -0.1) is 0 Å². The van der Waals surface area contributed by atoms with Crippen LogP contribution in [0.5, 0.6) is 0 Å². The van der Waals surface area contributed by atoms with Crippen LogP contribution in [0.15, 0.2) is 61.2 Å². The first-order valence-electron chi connectivity index (χ1n) is 5.05. The van der Waals surface area contributed by atoms with Crippen molar-refractivity contribution in [2.45, 2.75) is 0 Å². The summed E-state index contributed by atoms with van der Waals surface area (Å²) in [5.41, 5.74) is 1.81. The van der Waals surface area contributed by atoms with Crippen molar-refractivity contribution in [2.24, 2.45) is 0 Å². The fourth-order valence-electron chi connectivity index (χ4n) is 1.79. The maximum Gasteiger partial charge on any atom is 0.226 e. The van der Waals surface area contributed by atoms with Gasteiger partial charge in [0, 0.05) is 0 Å². The van der Waals surface area contributed by atoms with Crippen LogP contribution in [0.1, 0.15) is 5.56 Å². The molecule has 0 fully saturated rings. The molecule has 0 spiro atoms. The molecule has 0 bridgehead atoms. The Labute approximate surface area is 94.7 Å². The third kappa shape index (κ3) is 1.80. The number of hydrogen-bond donors (Lipinski definition) is 0. The third-order valence-corrected chi connectivity index (χ3v) is 2.53. The highest BCUT2D eigenvalue weighted by atomic mass is 16.1. The molecule has 2 rings (SSSR count). The molecule has 0 aliphatic rings. The van der Waals surface area contributed by atoms with Gasteiger partial charge in [0.1, 0.15) is 0 Å². The minimum absolute atomic E-state index is 0.798. The molecule has 0 saturated heterocycles. The first kappa shape index (κ1) is 10.4. The van der Waals surface area contributed by atoms with Gasteiger partial charge in [-0.2, -0.15) is 0 Å². The van der Waals surface area contributed by atoms with Gasteiger partial charge >= 0.3 is 0 Å². The summed E-state index contributed by atoms with van der Waals surface area (Å²) in [6.45, 7) is 3.72. The van der Waals surface area contributed by atoms with Gasteiger partial charge in [0.15, 0.2) is 0 Å². The topological polar surface area (TPSA) is 17.1 Å². The maximum atomic E-state index is 10.4. The zero-order valence-electron chi connectivity index (χ0n) is 8.81. The number of carbonyl (C=O) groups excluding carboxylic acids is 1. The first-order chi connectivity index (χ1) is 7.86. The van der Waals surface area contributed by atoms with E-state index in [1.165, 1.54) is 6.08 Å². The van der Waals surface area contributed by atoms with E-state index in [1.807, 2.05) is 42.5 Å². The van der Waals surface area contributed by atoms with E-state index >= 15 is 0 Å². The summed E-state index contributed by atoms with van der Waals surface area (Å²) in [4.78, 5) is 10.4. The van der Waals surface area contributed by atoms with Crippen LogP contribution in [0.4, 0.5) is 0 Å². The fourth-order valence-corrected chi connectivity index (χ4v) is 1.79. The third-order valence-electron chi connectivity index (χ3n) is 2.53. The van der Waals surface area contributed by atoms with Crippen LogP contribution in [0.25, 0.3) is 16.3 Å². The Hall–Kier alpha value is -2.15. The van der Waals surface area contributed by atoms with Crippen LogP contribution in [0.3, 0.4) is 0 Å². The SMILES string of the molecule is C=C/C(=C/[C]=O)c1cccc2ccccc12. The molecule has 0 N–H and O–H groups in total. The van der Waals surface area contributed by atoms with E-state index < -0.39 is 0 Å². The molecule has 1 heteroatoms. The van der Waals surface area contributed by atoms with Crippen LogP contribution >= 0.6 is 0 Å². The van der Waals surface area contributed by atoms with E-state index in [2.05, 4.69) is 6.58 Å². The van der Waals surface area contributed by atoms with Crippen molar-refractivity contribution in [3.8, 4) is 0 Å². The van der Waals surface area contributed by atoms with Crippen LogP contribution < -0.4 is 0 Å². The lowest BCUT2D eigenvalue weighted by Gasteiger charge is -2.06. The Bertz CT molecular complexity index is 559. The molecule has 0 atom stereocenters. The predicted molar refractivity (Wildman–Crippen MR) is 67.8 cm³/mol. The quantitative estimate of drug-likeness (QED) is 0.556. The highest BCUT2D eigenvalue weighted by Crippen LogP contribution is 2.25.